The van der Waals surface area contributed by atoms with Crippen molar-refractivity contribution in [3.63, 3.8) is 0 Å². The molecule has 0 radical (unpaired) electrons. The molecule has 1 saturated carbocycles. The van der Waals surface area contributed by atoms with Gasteiger partial charge in [0.05, 0.1) is 5.41 Å². The van der Waals surface area contributed by atoms with Gasteiger partial charge in [0.2, 0.25) is 0 Å². The first-order valence-electron chi connectivity index (χ1n) is 6.06. The molecule has 2 rings (SSSR count). The number of allylic oxidation sites excluding steroid dienone is 6. The van der Waals surface area contributed by atoms with Crippen LogP contribution in [0.1, 0.15) is 34.1 Å². The molecule has 0 aromatic heterocycles. The SMILES string of the molecule is CC1=CC=C2[C@@H](C(C)C)CC(=O)[C@@]2(C)C=C1. The van der Waals surface area contributed by atoms with E-state index < -0.39 is 0 Å². The van der Waals surface area contributed by atoms with Crippen molar-refractivity contribution in [1.29, 1.82) is 0 Å². The van der Waals surface area contributed by atoms with E-state index in [0.717, 1.165) is 0 Å². The second kappa shape index (κ2) is 3.73. The summed E-state index contributed by atoms with van der Waals surface area (Å²) >= 11 is 0. The molecule has 0 spiro atoms. The number of Topliss-reactive ketones (excluding diaryl/α,β-unsaturated/α-hetero) is 1. The van der Waals surface area contributed by atoms with Crippen LogP contribution >= 0.6 is 0 Å². The molecule has 0 amide bonds. The first kappa shape index (κ1) is 11.4. The predicted octanol–water partition coefficient (Wildman–Crippen LogP) is 3.68. The van der Waals surface area contributed by atoms with E-state index in [1.807, 2.05) is 0 Å². The van der Waals surface area contributed by atoms with Crippen LogP contribution in [-0.2, 0) is 4.79 Å². The van der Waals surface area contributed by atoms with Crippen molar-refractivity contribution in [2.75, 3.05) is 0 Å². The highest BCUT2D eigenvalue weighted by Crippen LogP contribution is 2.48. The molecule has 0 aromatic rings. The average molecular weight is 216 g/mol. The van der Waals surface area contributed by atoms with Crippen LogP contribution < -0.4 is 0 Å². The van der Waals surface area contributed by atoms with E-state index in [1.54, 1.807) is 0 Å². The molecule has 0 heterocycles. The number of carbonyl (C=O) groups excluding carboxylic acids is 1. The van der Waals surface area contributed by atoms with Crippen molar-refractivity contribution >= 4 is 5.78 Å². The van der Waals surface area contributed by atoms with E-state index in [1.165, 1.54) is 11.1 Å². The Hall–Kier alpha value is -1.11. The van der Waals surface area contributed by atoms with Crippen LogP contribution in [0.4, 0.5) is 0 Å². The zero-order valence-corrected chi connectivity index (χ0v) is 10.6. The summed E-state index contributed by atoms with van der Waals surface area (Å²) in [5, 5.41) is 0. The molecule has 0 aliphatic heterocycles. The van der Waals surface area contributed by atoms with Gasteiger partial charge in [-0.05, 0) is 31.3 Å². The smallest absolute Gasteiger partial charge is 0.147 e. The standard InChI is InChI=1S/C15H20O/c1-10(2)12-9-14(16)15(4)8-7-11(3)5-6-13(12)15/h5-8,10,12H,9H2,1-4H3/t12-,15+/m1/s1. The Labute approximate surface area is 97.9 Å². The van der Waals surface area contributed by atoms with Crippen LogP contribution in [0, 0.1) is 17.3 Å². The Morgan fingerprint density at radius 2 is 2.06 bits per heavy atom. The van der Waals surface area contributed by atoms with Crippen molar-refractivity contribution < 1.29 is 4.79 Å². The Bertz CT molecular complexity index is 409. The van der Waals surface area contributed by atoms with Crippen LogP contribution in [0.15, 0.2) is 35.5 Å². The molecular formula is C15H20O. The molecular weight excluding hydrogens is 196 g/mol. The topological polar surface area (TPSA) is 17.1 Å². The van der Waals surface area contributed by atoms with Gasteiger partial charge in [-0.3, -0.25) is 4.79 Å². The first-order valence-corrected chi connectivity index (χ1v) is 6.06. The zero-order chi connectivity index (χ0) is 11.9. The third kappa shape index (κ3) is 1.59. The van der Waals surface area contributed by atoms with E-state index in [0.29, 0.717) is 24.0 Å². The lowest BCUT2D eigenvalue weighted by Crippen LogP contribution is -2.21. The van der Waals surface area contributed by atoms with Crippen molar-refractivity contribution in [3.8, 4) is 0 Å². The summed E-state index contributed by atoms with van der Waals surface area (Å²) < 4.78 is 0. The summed E-state index contributed by atoms with van der Waals surface area (Å²) in [7, 11) is 0. The monoisotopic (exact) mass is 216 g/mol. The van der Waals surface area contributed by atoms with Crippen LogP contribution in [0.2, 0.25) is 0 Å². The Balaban J connectivity index is 2.50. The summed E-state index contributed by atoms with van der Waals surface area (Å²) in [4.78, 5) is 12.2. The van der Waals surface area contributed by atoms with Gasteiger partial charge in [0.15, 0.2) is 0 Å². The molecule has 16 heavy (non-hydrogen) atoms. The predicted molar refractivity (Wildman–Crippen MR) is 67.0 cm³/mol. The maximum absolute atomic E-state index is 12.2. The fraction of sp³-hybridized carbons (Fsp3) is 0.533. The van der Waals surface area contributed by atoms with Crippen LogP contribution in [0.25, 0.3) is 0 Å². The zero-order valence-electron chi connectivity index (χ0n) is 10.6. The number of hydrogen-bond acceptors (Lipinski definition) is 1. The molecule has 1 fully saturated rings. The van der Waals surface area contributed by atoms with Gasteiger partial charge < -0.3 is 0 Å². The number of carbonyl (C=O) groups is 1. The van der Waals surface area contributed by atoms with Gasteiger partial charge in [0.1, 0.15) is 5.78 Å². The van der Waals surface area contributed by atoms with Crippen LogP contribution in [-0.4, -0.2) is 5.78 Å². The molecule has 0 aromatic carbocycles. The fourth-order valence-electron chi connectivity index (χ4n) is 2.72. The molecule has 0 saturated heterocycles. The van der Waals surface area contributed by atoms with Crippen LogP contribution in [0.5, 0.6) is 0 Å². The van der Waals surface area contributed by atoms with Gasteiger partial charge in [0, 0.05) is 6.42 Å². The quantitative estimate of drug-likeness (QED) is 0.653. The van der Waals surface area contributed by atoms with E-state index in [4.69, 9.17) is 0 Å². The molecule has 0 unspecified atom stereocenters. The summed E-state index contributed by atoms with van der Waals surface area (Å²) in [6.45, 7) is 8.55. The maximum atomic E-state index is 12.2. The fourth-order valence-corrected chi connectivity index (χ4v) is 2.72. The number of ketones is 1. The Morgan fingerprint density at radius 1 is 1.38 bits per heavy atom. The lowest BCUT2D eigenvalue weighted by atomic mass is 9.79. The highest BCUT2D eigenvalue weighted by atomic mass is 16.1. The summed E-state index contributed by atoms with van der Waals surface area (Å²) in [5.74, 6) is 1.33. The van der Waals surface area contributed by atoms with Gasteiger partial charge in [0.25, 0.3) is 0 Å². The van der Waals surface area contributed by atoms with E-state index in [-0.39, 0.29) is 5.41 Å². The van der Waals surface area contributed by atoms with Gasteiger partial charge in [-0.1, -0.05) is 43.7 Å². The molecule has 86 valence electrons. The van der Waals surface area contributed by atoms with E-state index in [2.05, 4.69) is 52.0 Å². The first-order chi connectivity index (χ1) is 7.45. The molecule has 2 aliphatic carbocycles. The van der Waals surface area contributed by atoms with E-state index >= 15 is 0 Å². The molecule has 0 N–H and O–H groups in total. The maximum Gasteiger partial charge on any atom is 0.147 e. The molecule has 1 nitrogen and oxygen atoms in total. The summed E-state index contributed by atoms with van der Waals surface area (Å²) in [6.07, 6.45) is 9.17. The second-order valence-electron chi connectivity index (χ2n) is 5.55. The largest absolute Gasteiger partial charge is 0.298 e. The van der Waals surface area contributed by atoms with Crippen molar-refractivity contribution in [1.82, 2.24) is 0 Å². The lowest BCUT2D eigenvalue weighted by molar-refractivity contribution is -0.122. The Kier molecular flexibility index (Phi) is 2.65. The van der Waals surface area contributed by atoms with Crippen LogP contribution in [0.3, 0.4) is 0 Å². The number of hydrogen-bond donors (Lipinski definition) is 0. The van der Waals surface area contributed by atoms with Gasteiger partial charge >= 0.3 is 0 Å². The lowest BCUT2D eigenvalue weighted by Gasteiger charge is -2.23. The summed E-state index contributed by atoms with van der Waals surface area (Å²) in [6, 6.07) is 0. The number of fused-ring (bicyclic) bond motifs is 1. The van der Waals surface area contributed by atoms with Crippen molar-refractivity contribution in [2.45, 2.75) is 34.1 Å². The van der Waals surface area contributed by atoms with Gasteiger partial charge in [-0.15, -0.1) is 0 Å². The second-order valence-corrected chi connectivity index (χ2v) is 5.55. The average Bonchev–Trinajstić information content (AvgIpc) is 2.36. The van der Waals surface area contributed by atoms with Gasteiger partial charge in [-0.25, -0.2) is 0 Å². The highest BCUT2D eigenvalue weighted by molar-refractivity contribution is 5.94. The van der Waals surface area contributed by atoms with E-state index in [9.17, 15) is 4.79 Å². The minimum atomic E-state index is -0.344. The van der Waals surface area contributed by atoms with Crippen molar-refractivity contribution in [2.24, 2.45) is 17.3 Å². The highest BCUT2D eigenvalue weighted by Gasteiger charge is 2.46. The normalized spacial score (nSPS) is 33.6. The van der Waals surface area contributed by atoms with Gasteiger partial charge in [-0.2, -0.15) is 0 Å². The molecule has 1 heteroatoms. The van der Waals surface area contributed by atoms with Crippen molar-refractivity contribution in [3.05, 3.63) is 35.5 Å². The molecule has 2 atom stereocenters. The molecule has 2 aliphatic rings. The third-order valence-corrected chi connectivity index (χ3v) is 3.99. The minimum absolute atomic E-state index is 0.344. The molecule has 0 bridgehead atoms. The third-order valence-electron chi connectivity index (χ3n) is 3.99. The minimum Gasteiger partial charge on any atom is -0.298 e. The summed E-state index contributed by atoms with van der Waals surface area (Å²) in [5.41, 5.74) is 2.18. The number of rotatable bonds is 1. The Morgan fingerprint density at radius 3 is 2.69 bits per heavy atom.